The molecule has 2 aromatic carbocycles. The lowest BCUT2D eigenvalue weighted by molar-refractivity contribution is -0.118. The summed E-state index contributed by atoms with van der Waals surface area (Å²) in [5.41, 5.74) is 0.653. The van der Waals surface area contributed by atoms with Crippen LogP contribution < -0.4 is 9.64 Å². The van der Waals surface area contributed by atoms with Crippen LogP contribution in [0.25, 0.3) is 0 Å². The molecule has 0 unspecified atom stereocenters. The number of ether oxygens (including phenoxy) is 1. The fourth-order valence-corrected chi connectivity index (χ4v) is 3.50. The number of likely N-dealkylation sites (N-methyl/N-ethyl adjacent to an activating group) is 2. The second kappa shape index (κ2) is 7.99. The van der Waals surface area contributed by atoms with Gasteiger partial charge in [0, 0.05) is 24.3 Å². The van der Waals surface area contributed by atoms with E-state index in [1.165, 1.54) is 24.1 Å². The van der Waals surface area contributed by atoms with Crippen molar-refractivity contribution in [2.45, 2.75) is 4.90 Å². The van der Waals surface area contributed by atoms with Crippen LogP contribution in [-0.4, -0.2) is 46.4 Å². The van der Waals surface area contributed by atoms with Crippen molar-refractivity contribution in [3.63, 3.8) is 0 Å². The average molecular weight is 427 g/mol. The van der Waals surface area contributed by atoms with Crippen LogP contribution in [0.5, 0.6) is 5.75 Å². The number of carbonyl (C=O) groups is 1. The second-order valence-electron chi connectivity index (χ2n) is 5.37. The highest BCUT2D eigenvalue weighted by atomic mass is 79.9. The molecular weight excluding hydrogens is 408 g/mol. The van der Waals surface area contributed by atoms with Crippen LogP contribution in [0.4, 0.5) is 5.69 Å². The van der Waals surface area contributed by atoms with Crippen LogP contribution in [0.2, 0.25) is 0 Å². The number of hydrogen-bond donors (Lipinski definition) is 0. The summed E-state index contributed by atoms with van der Waals surface area (Å²) in [5, 5.41) is 0. The van der Waals surface area contributed by atoms with Crippen molar-refractivity contribution in [2.24, 2.45) is 0 Å². The molecule has 0 aliphatic carbocycles. The Morgan fingerprint density at radius 1 is 1.04 bits per heavy atom. The Morgan fingerprint density at radius 2 is 1.60 bits per heavy atom. The number of anilines is 1. The zero-order valence-electron chi connectivity index (χ0n) is 14.1. The molecule has 0 N–H and O–H groups in total. The molecule has 0 aliphatic rings. The Balaban J connectivity index is 2.11. The topological polar surface area (TPSA) is 66.9 Å². The maximum atomic E-state index is 12.5. The molecule has 0 fully saturated rings. The van der Waals surface area contributed by atoms with Gasteiger partial charge < -0.3 is 9.64 Å². The quantitative estimate of drug-likeness (QED) is 0.711. The highest BCUT2D eigenvalue weighted by Gasteiger charge is 2.24. The van der Waals surface area contributed by atoms with Crippen molar-refractivity contribution < 1.29 is 17.9 Å². The van der Waals surface area contributed by atoms with Gasteiger partial charge in [0.05, 0.1) is 18.6 Å². The summed E-state index contributed by atoms with van der Waals surface area (Å²) in [6.45, 7) is -0.263. The van der Waals surface area contributed by atoms with Gasteiger partial charge in [0.25, 0.3) is 0 Å². The van der Waals surface area contributed by atoms with E-state index >= 15 is 0 Å². The molecule has 0 aliphatic heterocycles. The first-order chi connectivity index (χ1) is 11.8. The minimum atomic E-state index is -3.73. The van der Waals surface area contributed by atoms with Crippen LogP contribution in [0.1, 0.15) is 0 Å². The van der Waals surface area contributed by atoms with E-state index in [0.717, 1.165) is 8.78 Å². The summed E-state index contributed by atoms with van der Waals surface area (Å²) >= 11 is 3.27. The third-order valence-corrected chi connectivity index (χ3v) is 6.06. The van der Waals surface area contributed by atoms with E-state index in [1.54, 1.807) is 50.6 Å². The minimum absolute atomic E-state index is 0.137. The number of carbonyl (C=O) groups excluding carboxylic acids is 1. The molecule has 0 saturated carbocycles. The number of benzene rings is 2. The Hall–Kier alpha value is -1.90. The normalized spacial score (nSPS) is 11.4. The monoisotopic (exact) mass is 426 g/mol. The highest BCUT2D eigenvalue weighted by Crippen LogP contribution is 2.20. The first kappa shape index (κ1) is 19.4. The van der Waals surface area contributed by atoms with Crippen molar-refractivity contribution >= 4 is 37.5 Å². The molecule has 134 valence electrons. The standard InChI is InChI=1S/C17H19BrN2O4S/c1-19(25(22,23)16-10-4-13(18)5-11-16)12-17(21)20(2)14-6-8-15(24-3)9-7-14/h4-11H,12H2,1-3H3. The summed E-state index contributed by atoms with van der Waals surface area (Å²) in [5.74, 6) is 0.341. The number of amides is 1. The van der Waals surface area contributed by atoms with Crippen LogP contribution >= 0.6 is 15.9 Å². The lowest BCUT2D eigenvalue weighted by atomic mass is 10.3. The molecule has 1 amide bonds. The van der Waals surface area contributed by atoms with Gasteiger partial charge >= 0.3 is 0 Å². The summed E-state index contributed by atoms with van der Waals surface area (Å²) in [7, 11) is 0.817. The van der Waals surface area contributed by atoms with Crippen molar-refractivity contribution in [1.29, 1.82) is 0 Å². The molecule has 25 heavy (non-hydrogen) atoms. The zero-order chi connectivity index (χ0) is 18.6. The molecule has 0 spiro atoms. The number of rotatable bonds is 6. The van der Waals surface area contributed by atoms with E-state index in [9.17, 15) is 13.2 Å². The van der Waals surface area contributed by atoms with Gasteiger partial charge in [0.1, 0.15) is 5.75 Å². The summed E-state index contributed by atoms with van der Waals surface area (Å²) < 4.78 is 32.0. The fourth-order valence-electron chi connectivity index (χ4n) is 2.12. The third-order valence-electron chi connectivity index (χ3n) is 3.71. The zero-order valence-corrected chi connectivity index (χ0v) is 16.5. The molecule has 2 aromatic rings. The number of halogens is 1. The van der Waals surface area contributed by atoms with Gasteiger partial charge in [0.15, 0.2) is 0 Å². The maximum Gasteiger partial charge on any atom is 0.243 e. The molecule has 6 nitrogen and oxygen atoms in total. The molecule has 0 aromatic heterocycles. The SMILES string of the molecule is COc1ccc(N(C)C(=O)CN(C)S(=O)(=O)c2ccc(Br)cc2)cc1. The fraction of sp³-hybridized carbons (Fsp3) is 0.235. The van der Waals surface area contributed by atoms with Crippen LogP contribution in [0.15, 0.2) is 57.9 Å². The first-order valence-corrected chi connectivity index (χ1v) is 9.61. The third kappa shape index (κ3) is 4.59. The van der Waals surface area contributed by atoms with Gasteiger partial charge in [-0.1, -0.05) is 15.9 Å². The lowest BCUT2D eigenvalue weighted by Crippen LogP contribution is -2.39. The number of hydrogen-bond acceptors (Lipinski definition) is 4. The number of methoxy groups -OCH3 is 1. The Kier molecular flexibility index (Phi) is 6.21. The van der Waals surface area contributed by atoms with Gasteiger partial charge in [-0.3, -0.25) is 4.79 Å². The Morgan fingerprint density at radius 3 is 2.12 bits per heavy atom. The van der Waals surface area contributed by atoms with Gasteiger partial charge in [-0.2, -0.15) is 4.31 Å². The molecule has 0 atom stereocenters. The highest BCUT2D eigenvalue weighted by molar-refractivity contribution is 9.10. The predicted octanol–water partition coefficient (Wildman–Crippen LogP) is 2.74. The van der Waals surface area contributed by atoms with Gasteiger partial charge in [0.2, 0.25) is 15.9 Å². The molecule has 0 heterocycles. The molecular formula is C17H19BrN2O4S. The van der Waals surface area contributed by atoms with E-state index in [2.05, 4.69) is 15.9 Å². The Labute approximate surface area is 156 Å². The van der Waals surface area contributed by atoms with E-state index < -0.39 is 10.0 Å². The summed E-state index contributed by atoms with van der Waals surface area (Å²) in [4.78, 5) is 14.0. The van der Waals surface area contributed by atoms with Crippen molar-refractivity contribution in [3.8, 4) is 5.75 Å². The van der Waals surface area contributed by atoms with E-state index in [1.807, 2.05) is 0 Å². The summed E-state index contributed by atoms with van der Waals surface area (Å²) in [6, 6.07) is 13.2. The van der Waals surface area contributed by atoms with Crippen molar-refractivity contribution in [3.05, 3.63) is 53.0 Å². The van der Waals surface area contributed by atoms with Gasteiger partial charge in [-0.05, 0) is 48.5 Å². The van der Waals surface area contributed by atoms with Crippen LogP contribution in [0, 0.1) is 0 Å². The van der Waals surface area contributed by atoms with Gasteiger partial charge in [-0.25, -0.2) is 8.42 Å². The van der Waals surface area contributed by atoms with Gasteiger partial charge in [-0.15, -0.1) is 0 Å². The van der Waals surface area contributed by atoms with Crippen LogP contribution in [-0.2, 0) is 14.8 Å². The number of nitrogens with zero attached hydrogens (tertiary/aromatic N) is 2. The van der Waals surface area contributed by atoms with Crippen LogP contribution in [0.3, 0.4) is 0 Å². The van der Waals surface area contributed by atoms with Crippen molar-refractivity contribution in [1.82, 2.24) is 4.31 Å². The molecule has 0 saturated heterocycles. The van der Waals surface area contributed by atoms with E-state index in [-0.39, 0.29) is 17.3 Å². The smallest absolute Gasteiger partial charge is 0.243 e. The minimum Gasteiger partial charge on any atom is -0.497 e. The molecule has 0 radical (unpaired) electrons. The summed E-state index contributed by atoms with van der Waals surface area (Å²) in [6.07, 6.45) is 0. The largest absolute Gasteiger partial charge is 0.497 e. The molecule has 8 heteroatoms. The van der Waals surface area contributed by atoms with E-state index in [4.69, 9.17) is 4.74 Å². The van der Waals surface area contributed by atoms with E-state index in [0.29, 0.717) is 11.4 Å². The Bertz CT molecular complexity index is 836. The first-order valence-electron chi connectivity index (χ1n) is 7.38. The molecule has 2 rings (SSSR count). The second-order valence-corrected chi connectivity index (χ2v) is 8.33. The average Bonchev–Trinajstić information content (AvgIpc) is 2.61. The molecule has 0 bridgehead atoms. The maximum absolute atomic E-state index is 12.5. The lowest BCUT2D eigenvalue weighted by Gasteiger charge is -2.22. The predicted molar refractivity (Wildman–Crippen MR) is 100 cm³/mol. The number of sulfonamides is 1. The van der Waals surface area contributed by atoms with Crippen molar-refractivity contribution in [2.75, 3.05) is 32.6 Å².